The van der Waals surface area contributed by atoms with E-state index in [9.17, 15) is 4.79 Å². The van der Waals surface area contributed by atoms with Crippen LogP contribution in [0, 0.1) is 5.92 Å². The normalized spacial score (nSPS) is 22.8. The molecule has 0 saturated carbocycles. The van der Waals surface area contributed by atoms with E-state index >= 15 is 0 Å². The molecule has 2 aliphatic rings. The van der Waals surface area contributed by atoms with E-state index in [2.05, 4.69) is 41.8 Å². The molecule has 25 heavy (non-hydrogen) atoms. The Morgan fingerprint density at radius 2 is 2.16 bits per heavy atom. The van der Waals surface area contributed by atoms with E-state index in [-0.39, 0.29) is 17.9 Å². The first kappa shape index (κ1) is 16.5. The molecule has 3 heterocycles. The summed E-state index contributed by atoms with van der Waals surface area (Å²) in [7, 11) is 0. The molecule has 2 N–H and O–H groups in total. The van der Waals surface area contributed by atoms with E-state index in [1.807, 2.05) is 4.90 Å². The predicted octanol–water partition coefficient (Wildman–Crippen LogP) is 1.80. The van der Waals surface area contributed by atoms with Crippen molar-refractivity contribution in [1.29, 1.82) is 0 Å². The number of nitrogen functional groups attached to an aromatic ring is 1. The molecule has 1 amide bonds. The van der Waals surface area contributed by atoms with Crippen LogP contribution in [-0.2, 0) is 23.2 Å². The maximum absolute atomic E-state index is 12.6. The van der Waals surface area contributed by atoms with Crippen LogP contribution in [0.1, 0.15) is 49.4 Å². The fourth-order valence-corrected chi connectivity index (χ4v) is 4.47. The SMILES string of the molecule is CC(C)(C)n1cc2c(n1)[C@H]1CN(C(=O)Cc3nnc(N)s3)C[C@H]1CC2. The third kappa shape index (κ3) is 3.03. The van der Waals surface area contributed by atoms with Crippen molar-refractivity contribution >= 4 is 22.4 Å². The molecule has 1 fully saturated rings. The molecule has 2 aromatic heterocycles. The Labute approximate surface area is 151 Å². The number of nitrogens with zero attached hydrogens (tertiary/aromatic N) is 5. The topological polar surface area (TPSA) is 89.9 Å². The van der Waals surface area contributed by atoms with E-state index in [4.69, 9.17) is 10.8 Å². The predicted molar refractivity (Wildman–Crippen MR) is 96.4 cm³/mol. The molecule has 1 saturated heterocycles. The van der Waals surface area contributed by atoms with Gasteiger partial charge in [0.05, 0.1) is 17.7 Å². The lowest BCUT2D eigenvalue weighted by Gasteiger charge is -2.22. The van der Waals surface area contributed by atoms with Gasteiger partial charge >= 0.3 is 0 Å². The van der Waals surface area contributed by atoms with Gasteiger partial charge < -0.3 is 10.6 Å². The number of carbonyl (C=O) groups excluding carboxylic acids is 1. The van der Waals surface area contributed by atoms with Crippen molar-refractivity contribution < 1.29 is 4.79 Å². The lowest BCUT2D eigenvalue weighted by molar-refractivity contribution is -0.129. The summed E-state index contributed by atoms with van der Waals surface area (Å²) in [6, 6.07) is 0. The average Bonchev–Trinajstić information content (AvgIpc) is 3.22. The number of hydrogen-bond donors (Lipinski definition) is 1. The van der Waals surface area contributed by atoms with E-state index in [1.54, 1.807) is 0 Å². The molecule has 2 atom stereocenters. The number of likely N-dealkylation sites (tertiary alicyclic amines) is 1. The zero-order chi connectivity index (χ0) is 17.8. The monoisotopic (exact) mass is 360 g/mol. The minimum Gasteiger partial charge on any atom is -0.374 e. The third-order valence-corrected chi connectivity index (χ3v) is 5.98. The summed E-state index contributed by atoms with van der Waals surface area (Å²) >= 11 is 1.29. The second-order valence-corrected chi connectivity index (χ2v) is 9.16. The smallest absolute Gasteiger partial charge is 0.229 e. The first-order valence-corrected chi connectivity index (χ1v) is 9.57. The highest BCUT2D eigenvalue weighted by molar-refractivity contribution is 7.15. The van der Waals surface area contributed by atoms with E-state index < -0.39 is 0 Å². The van der Waals surface area contributed by atoms with Crippen LogP contribution < -0.4 is 5.73 Å². The standard InChI is InChI=1S/C17H24N6OS/c1-17(2,3)23-8-11-5-4-10-7-22(9-12(10)15(11)21-23)14(24)6-13-19-20-16(18)25-13/h8,10,12H,4-7,9H2,1-3H3,(H2,18,20)/t10-,12+/m1/s1. The fraction of sp³-hybridized carbons (Fsp3) is 0.647. The van der Waals surface area contributed by atoms with Gasteiger partial charge in [-0.2, -0.15) is 5.10 Å². The molecule has 0 aromatic carbocycles. The van der Waals surface area contributed by atoms with Crippen molar-refractivity contribution in [1.82, 2.24) is 24.9 Å². The maximum Gasteiger partial charge on any atom is 0.229 e. The van der Waals surface area contributed by atoms with Crippen LogP contribution in [0.15, 0.2) is 6.20 Å². The summed E-state index contributed by atoms with van der Waals surface area (Å²) in [5.41, 5.74) is 8.13. The minimum atomic E-state index is -0.0152. The molecule has 134 valence electrons. The van der Waals surface area contributed by atoms with Gasteiger partial charge in [-0.1, -0.05) is 11.3 Å². The maximum atomic E-state index is 12.6. The molecule has 4 rings (SSSR count). The van der Waals surface area contributed by atoms with Crippen molar-refractivity contribution in [2.45, 2.75) is 51.5 Å². The van der Waals surface area contributed by atoms with Gasteiger partial charge in [-0.25, -0.2) is 0 Å². The Bertz CT molecular complexity index is 804. The summed E-state index contributed by atoms with van der Waals surface area (Å²) in [5.74, 6) is 0.984. The third-order valence-electron chi connectivity index (χ3n) is 5.22. The van der Waals surface area contributed by atoms with Crippen LogP contribution in [0.2, 0.25) is 0 Å². The molecule has 1 aliphatic heterocycles. The molecule has 8 heteroatoms. The van der Waals surface area contributed by atoms with Crippen molar-refractivity contribution in [3.63, 3.8) is 0 Å². The summed E-state index contributed by atoms with van der Waals surface area (Å²) in [4.78, 5) is 14.6. The molecular formula is C17H24N6OS. The number of amides is 1. The summed E-state index contributed by atoms with van der Waals surface area (Å²) in [6.45, 7) is 8.08. The van der Waals surface area contributed by atoms with Gasteiger partial charge in [0.2, 0.25) is 11.0 Å². The number of nitrogens with two attached hydrogens (primary N) is 1. The molecule has 7 nitrogen and oxygen atoms in total. The van der Waals surface area contributed by atoms with E-state index in [1.165, 1.54) is 22.6 Å². The number of carbonyl (C=O) groups is 1. The Hall–Kier alpha value is -1.96. The molecule has 0 bridgehead atoms. The van der Waals surface area contributed by atoms with Crippen LogP contribution in [0.4, 0.5) is 5.13 Å². The van der Waals surface area contributed by atoms with Gasteiger partial charge in [0.15, 0.2) is 0 Å². The number of hydrogen-bond acceptors (Lipinski definition) is 6. The van der Waals surface area contributed by atoms with Gasteiger partial charge in [-0.15, -0.1) is 10.2 Å². The van der Waals surface area contributed by atoms with Crippen LogP contribution in [0.5, 0.6) is 0 Å². The Balaban J connectivity index is 1.51. The molecule has 1 aliphatic carbocycles. The Morgan fingerprint density at radius 1 is 1.36 bits per heavy atom. The van der Waals surface area contributed by atoms with Crippen molar-refractivity contribution in [2.24, 2.45) is 5.92 Å². The number of anilines is 1. The van der Waals surface area contributed by atoms with Crippen LogP contribution in [-0.4, -0.2) is 43.9 Å². The summed E-state index contributed by atoms with van der Waals surface area (Å²) < 4.78 is 2.08. The van der Waals surface area contributed by atoms with E-state index in [0.717, 1.165) is 25.9 Å². The largest absolute Gasteiger partial charge is 0.374 e. The Kier molecular flexibility index (Phi) is 3.82. The Morgan fingerprint density at radius 3 is 2.84 bits per heavy atom. The fourth-order valence-electron chi connectivity index (χ4n) is 3.87. The van der Waals surface area contributed by atoms with Gasteiger partial charge in [-0.05, 0) is 45.1 Å². The number of aryl methyl sites for hydroxylation is 1. The van der Waals surface area contributed by atoms with Crippen molar-refractivity contribution in [3.05, 3.63) is 22.5 Å². The highest BCUT2D eigenvalue weighted by Gasteiger charge is 2.41. The second-order valence-electron chi connectivity index (χ2n) is 8.07. The zero-order valence-corrected chi connectivity index (χ0v) is 15.7. The van der Waals surface area contributed by atoms with Crippen LogP contribution in [0.3, 0.4) is 0 Å². The lowest BCUT2D eigenvalue weighted by atomic mass is 9.81. The van der Waals surface area contributed by atoms with Crippen LogP contribution >= 0.6 is 11.3 Å². The highest BCUT2D eigenvalue weighted by atomic mass is 32.1. The van der Waals surface area contributed by atoms with Crippen molar-refractivity contribution in [3.8, 4) is 0 Å². The van der Waals surface area contributed by atoms with Gasteiger partial charge in [0.1, 0.15) is 5.01 Å². The number of fused-ring (bicyclic) bond motifs is 3. The zero-order valence-electron chi connectivity index (χ0n) is 14.9. The molecule has 2 aromatic rings. The molecular weight excluding hydrogens is 336 g/mol. The number of rotatable bonds is 2. The first-order chi connectivity index (χ1) is 11.8. The van der Waals surface area contributed by atoms with Crippen LogP contribution in [0.25, 0.3) is 0 Å². The van der Waals surface area contributed by atoms with Crippen molar-refractivity contribution in [2.75, 3.05) is 18.8 Å². The highest BCUT2D eigenvalue weighted by Crippen LogP contribution is 2.41. The summed E-state index contributed by atoms with van der Waals surface area (Å²) in [5, 5.41) is 13.7. The lowest BCUT2D eigenvalue weighted by Crippen LogP contribution is -2.30. The number of aromatic nitrogens is 4. The summed E-state index contributed by atoms with van der Waals surface area (Å²) in [6.07, 6.45) is 4.67. The second kappa shape index (κ2) is 5.79. The van der Waals surface area contributed by atoms with Gasteiger partial charge in [0.25, 0.3) is 0 Å². The van der Waals surface area contributed by atoms with Gasteiger partial charge in [-0.3, -0.25) is 9.48 Å². The molecule has 0 spiro atoms. The average molecular weight is 360 g/mol. The molecule has 0 unspecified atom stereocenters. The minimum absolute atomic E-state index is 0.0152. The van der Waals surface area contributed by atoms with Gasteiger partial charge in [0, 0.05) is 25.2 Å². The van der Waals surface area contributed by atoms with E-state index in [0.29, 0.717) is 22.0 Å². The quantitative estimate of drug-likeness (QED) is 0.882. The molecule has 0 radical (unpaired) electrons. The first-order valence-electron chi connectivity index (χ1n) is 8.76.